The van der Waals surface area contributed by atoms with E-state index in [4.69, 9.17) is 4.74 Å². The minimum Gasteiger partial charge on any atom is -0.502 e. The van der Waals surface area contributed by atoms with Crippen molar-refractivity contribution in [2.75, 3.05) is 7.11 Å². The molecule has 0 heterocycles. The third-order valence-corrected chi connectivity index (χ3v) is 4.57. The Kier molecular flexibility index (Phi) is 11.4. The summed E-state index contributed by atoms with van der Waals surface area (Å²) in [4.78, 5) is 0. The summed E-state index contributed by atoms with van der Waals surface area (Å²) in [6.07, 6.45) is 13.7. The van der Waals surface area contributed by atoms with Gasteiger partial charge >= 0.3 is 0 Å². The van der Waals surface area contributed by atoms with E-state index in [2.05, 4.69) is 32.3 Å². The quantitative estimate of drug-likeness (QED) is 0.232. The Bertz CT molecular complexity index is 228. The summed E-state index contributed by atoms with van der Waals surface area (Å²) in [6.45, 7) is 9.37. The van der Waals surface area contributed by atoms with Crippen LogP contribution < -0.4 is 0 Å². The maximum Gasteiger partial charge on any atom is 0.0877 e. The van der Waals surface area contributed by atoms with Crippen LogP contribution in [0.3, 0.4) is 0 Å². The van der Waals surface area contributed by atoms with Crippen LogP contribution in [0.5, 0.6) is 0 Å². The Balaban J connectivity index is 3.50. The molecule has 0 aliphatic carbocycles. The molecule has 0 unspecified atom stereocenters. The number of methoxy groups -OCH3 is 1. The van der Waals surface area contributed by atoms with Crippen LogP contribution in [0.1, 0.15) is 71.1 Å². The van der Waals surface area contributed by atoms with Crippen molar-refractivity contribution in [2.45, 2.75) is 90.8 Å². The average Bonchev–Trinajstić information content (AvgIpc) is 2.34. The first-order chi connectivity index (χ1) is 8.99. The Labute approximate surface area is 122 Å². The van der Waals surface area contributed by atoms with Crippen molar-refractivity contribution in [1.82, 2.24) is 0 Å². The zero-order valence-corrected chi connectivity index (χ0v) is 15.1. The van der Waals surface area contributed by atoms with Crippen LogP contribution in [0.4, 0.5) is 0 Å². The highest BCUT2D eigenvalue weighted by Crippen LogP contribution is 2.16. The van der Waals surface area contributed by atoms with Crippen molar-refractivity contribution in [1.29, 1.82) is 0 Å². The van der Waals surface area contributed by atoms with E-state index in [1.54, 1.807) is 0 Å². The van der Waals surface area contributed by atoms with Crippen LogP contribution in [0.2, 0.25) is 19.6 Å². The van der Waals surface area contributed by atoms with Gasteiger partial charge < -0.3 is 4.74 Å². The number of hydrogen-bond donors (Lipinski definition) is 0. The first-order valence-corrected chi connectivity index (χ1v) is 11.8. The lowest BCUT2D eigenvalue weighted by molar-refractivity contribution is 0.274. The summed E-state index contributed by atoms with van der Waals surface area (Å²) in [5.74, 6) is 1.22. The third-order valence-electron chi connectivity index (χ3n) is 3.38. The van der Waals surface area contributed by atoms with Gasteiger partial charge in [0.15, 0.2) is 0 Å². The zero-order valence-electron chi connectivity index (χ0n) is 14.1. The number of ether oxygens (including phenoxy) is 1. The molecule has 0 atom stereocenters. The van der Waals surface area contributed by atoms with E-state index in [-0.39, 0.29) is 0 Å². The highest BCUT2D eigenvalue weighted by atomic mass is 28.3. The second-order valence-corrected chi connectivity index (χ2v) is 11.8. The van der Waals surface area contributed by atoms with Gasteiger partial charge in [-0.05, 0) is 6.42 Å². The van der Waals surface area contributed by atoms with E-state index in [0.717, 1.165) is 6.42 Å². The molecule has 1 nitrogen and oxygen atoms in total. The smallest absolute Gasteiger partial charge is 0.0877 e. The van der Waals surface area contributed by atoms with Crippen LogP contribution in [0.25, 0.3) is 0 Å². The SMILES string of the molecule is CCCCCCCCCCC/C(=C/[Si](C)(C)C)OC. The maximum absolute atomic E-state index is 5.49. The first-order valence-electron chi connectivity index (χ1n) is 8.25. The molecule has 0 saturated heterocycles. The second-order valence-electron chi connectivity index (χ2n) is 6.76. The predicted octanol–water partition coefficient (Wildman–Crippen LogP) is 6.32. The summed E-state index contributed by atoms with van der Waals surface area (Å²) < 4.78 is 5.49. The molecule has 19 heavy (non-hydrogen) atoms. The molecule has 0 N–H and O–H groups in total. The molecular weight excluding hydrogens is 248 g/mol. The minimum atomic E-state index is -1.12. The number of hydrogen-bond acceptors (Lipinski definition) is 1. The molecule has 0 aromatic rings. The van der Waals surface area contributed by atoms with E-state index in [1.807, 2.05) is 7.11 Å². The molecule has 0 aliphatic heterocycles. The van der Waals surface area contributed by atoms with Crippen molar-refractivity contribution in [3.05, 3.63) is 11.5 Å². The molecule has 0 aliphatic rings. The fraction of sp³-hybridized carbons (Fsp3) is 0.882. The fourth-order valence-electron chi connectivity index (χ4n) is 2.33. The normalized spacial score (nSPS) is 12.8. The molecule has 0 bridgehead atoms. The van der Waals surface area contributed by atoms with E-state index < -0.39 is 8.07 Å². The van der Waals surface area contributed by atoms with Crippen LogP contribution >= 0.6 is 0 Å². The van der Waals surface area contributed by atoms with Gasteiger partial charge in [-0.15, -0.1) is 0 Å². The molecule has 2 heteroatoms. The summed E-state index contributed by atoms with van der Waals surface area (Å²) in [5, 5.41) is 0. The van der Waals surface area contributed by atoms with E-state index >= 15 is 0 Å². The molecule has 0 saturated carbocycles. The molecule has 0 aromatic heterocycles. The molecule has 0 rings (SSSR count). The van der Waals surface area contributed by atoms with Gasteiger partial charge in [0.25, 0.3) is 0 Å². The Morgan fingerprint density at radius 2 is 1.32 bits per heavy atom. The van der Waals surface area contributed by atoms with Crippen LogP contribution in [0.15, 0.2) is 11.5 Å². The number of allylic oxidation sites excluding steroid dienone is 1. The van der Waals surface area contributed by atoms with Gasteiger partial charge in [0.2, 0.25) is 0 Å². The topological polar surface area (TPSA) is 9.23 Å². The maximum atomic E-state index is 5.49. The zero-order chi connectivity index (χ0) is 14.6. The van der Waals surface area contributed by atoms with Gasteiger partial charge in [-0.25, -0.2) is 0 Å². The van der Waals surface area contributed by atoms with Crippen molar-refractivity contribution in [3.63, 3.8) is 0 Å². The number of rotatable bonds is 12. The van der Waals surface area contributed by atoms with Gasteiger partial charge in [0, 0.05) is 6.42 Å². The minimum absolute atomic E-state index is 1.12. The third kappa shape index (κ3) is 14.0. The summed E-state index contributed by atoms with van der Waals surface area (Å²) in [6, 6.07) is 0. The number of unbranched alkanes of at least 4 members (excludes halogenated alkanes) is 8. The highest BCUT2D eigenvalue weighted by molar-refractivity contribution is 6.81. The van der Waals surface area contributed by atoms with Crippen molar-refractivity contribution < 1.29 is 4.74 Å². The van der Waals surface area contributed by atoms with Crippen molar-refractivity contribution >= 4 is 8.07 Å². The van der Waals surface area contributed by atoms with E-state index in [0.29, 0.717) is 0 Å². The Hall–Kier alpha value is -0.243. The Morgan fingerprint density at radius 3 is 1.74 bits per heavy atom. The summed E-state index contributed by atoms with van der Waals surface area (Å²) in [7, 11) is 0.697. The molecular formula is C17H36OSi. The Morgan fingerprint density at radius 1 is 0.842 bits per heavy atom. The fourth-order valence-corrected chi connectivity index (χ4v) is 3.55. The van der Waals surface area contributed by atoms with E-state index in [1.165, 1.54) is 63.5 Å². The summed E-state index contributed by atoms with van der Waals surface area (Å²) in [5.41, 5.74) is 2.40. The molecule has 0 amide bonds. The molecule has 0 fully saturated rings. The van der Waals surface area contributed by atoms with Crippen molar-refractivity contribution in [2.24, 2.45) is 0 Å². The monoisotopic (exact) mass is 284 g/mol. The van der Waals surface area contributed by atoms with Gasteiger partial charge in [-0.1, -0.05) is 83.6 Å². The lowest BCUT2D eigenvalue weighted by Crippen LogP contribution is -2.17. The molecule has 114 valence electrons. The lowest BCUT2D eigenvalue weighted by Gasteiger charge is -2.13. The standard InChI is InChI=1S/C17H36OSi/c1-6-7-8-9-10-11-12-13-14-15-17(18-2)16-19(3,4)5/h16H,6-15H2,1-5H3/b17-16-. The second kappa shape index (κ2) is 11.6. The van der Waals surface area contributed by atoms with E-state index in [9.17, 15) is 0 Å². The van der Waals surface area contributed by atoms with Crippen LogP contribution in [0, 0.1) is 0 Å². The van der Waals surface area contributed by atoms with Crippen LogP contribution in [-0.4, -0.2) is 15.2 Å². The average molecular weight is 285 g/mol. The molecule has 0 spiro atoms. The molecule has 0 radical (unpaired) electrons. The van der Waals surface area contributed by atoms with Gasteiger partial charge in [0.05, 0.1) is 20.9 Å². The van der Waals surface area contributed by atoms with Gasteiger partial charge in [-0.3, -0.25) is 0 Å². The van der Waals surface area contributed by atoms with Gasteiger partial charge in [0.1, 0.15) is 0 Å². The highest BCUT2D eigenvalue weighted by Gasteiger charge is 2.11. The van der Waals surface area contributed by atoms with Crippen LogP contribution in [-0.2, 0) is 4.74 Å². The van der Waals surface area contributed by atoms with Crippen molar-refractivity contribution in [3.8, 4) is 0 Å². The first kappa shape index (κ1) is 18.8. The van der Waals surface area contributed by atoms with Gasteiger partial charge in [-0.2, -0.15) is 0 Å². The molecule has 0 aromatic carbocycles. The lowest BCUT2D eigenvalue weighted by atomic mass is 10.1. The largest absolute Gasteiger partial charge is 0.502 e. The summed E-state index contributed by atoms with van der Waals surface area (Å²) >= 11 is 0. The predicted molar refractivity (Wildman–Crippen MR) is 90.3 cm³/mol.